The molecule has 2 heterocycles. The van der Waals surface area contributed by atoms with Crippen LogP contribution in [0, 0.1) is 0 Å². The average molecular weight is 193 g/mol. The summed E-state index contributed by atoms with van der Waals surface area (Å²) < 4.78 is 5.28. The summed E-state index contributed by atoms with van der Waals surface area (Å²) >= 11 is 0. The van der Waals surface area contributed by atoms with Crippen molar-refractivity contribution >= 4 is 5.82 Å². The van der Waals surface area contributed by atoms with E-state index in [1.54, 1.807) is 0 Å². The van der Waals surface area contributed by atoms with E-state index in [0.717, 1.165) is 37.7 Å². The number of anilines is 1. The van der Waals surface area contributed by atoms with Gasteiger partial charge in [-0.25, -0.2) is 4.98 Å². The molecule has 0 bridgehead atoms. The molecule has 0 aromatic carbocycles. The molecule has 1 aromatic heterocycles. The third-order valence-corrected chi connectivity index (χ3v) is 2.38. The summed E-state index contributed by atoms with van der Waals surface area (Å²) in [6.45, 7) is 3.99. The van der Waals surface area contributed by atoms with Crippen LogP contribution in [0.3, 0.4) is 0 Å². The molecule has 1 aromatic rings. The van der Waals surface area contributed by atoms with Crippen LogP contribution in [0.1, 0.15) is 5.56 Å². The first-order valence-corrected chi connectivity index (χ1v) is 4.88. The minimum atomic E-state index is 0.552. The van der Waals surface area contributed by atoms with E-state index in [-0.39, 0.29) is 0 Å². The largest absolute Gasteiger partial charge is 0.378 e. The van der Waals surface area contributed by atoms with Crippen molar-refractivity contribution < 1.29 is 4.74 Å². The number of pyridine rings is 1. The second kappa shape index (κ2) is 4.39. The van der Waals surface area contributed by atoms with E-state index in [1.165, 1.54) is 0 Å². The van der Waals surface area contributed by atoms with Crippen molar-refractivity contribution in [3.05, 3.63) is 23.9 Å². The highest BCUT2D eigenvalue weighted by atomic mass is 16.5. The number of aromatic nitrogens is 1. The van der Waals surface area contributed by atoms with Crippen molar-refractivity contribution in [3.8, 4) is 0 Å². The maximum atomic E-state index is 5.50. The van der Waals surface area contributed by atoms with Crippen molar-refractivity contribution in [2.75, 3.05) is 31.2 Å². The van der Waals surface area contributed by atoms with Gasteiger partial charge in [0.05, 0.1) is 13.2 Å². The Balaban J connectivity index is 2.07. The molecule has 1 aliphatic heterocycles. The van der Waals surface area contributed by atoms with E-state index in [2.05, 4.69) is 9.88 Å². The van der Waals surface area contributed by atoms with Gasteiger partial charge in [0, 0.05) is 25.8 Å². The highest BCUT2D eigenvalue weighted by Gasteiger charge is 2.11. The molecule has 2 N–H and O–H groups in total. The fraction of sp³-hybridized carbons (Fsp3) is 0.500. The average Bonchev–Trinajstić information content (AvgIpc) is 2.30. The van der Waals surface area contributed by atoms with Crippen molar-refractivity contribution in [1.29, 1.82) is 0 Å². The van der Waals surface area contributed by atoms with Crippen LogP contribution in [0.15, 0.2) is 18.3 Å². The first-order valence-electron chi connectivity index (χ1n) is 4.88. The van der Waals surface area contributed by atoms with Crippen LogP contribution >= 0.6 is 0 Å². The first-order chi connectivity index (χ1) is 6.90. The van der Waals surface area contributed by atoms with Crippen LogP contribution in [-0.2, 0) is 11.3 Å². The predicted molar refractivity (Wildman–Crippen MR) is 55.2 cm³/mol. The maximum Gasteiger partial charge on any atom is 0.128 e. The number of hydrogen-bond donors (Lipinski definition) is 1. The van der Waals surface area contributed by atoms with Gasteiger partial charge in [0.1, 0.15) is 5.82 Å². The lowest BCUT2D eigenvalue weighted by Crippen LogP contribution is -2.36. The monoisotopic (exact) mass is 193 g/mol. The van der Waals surface area contributed by atoms with Gasteiger partial charge in [-0.3, -0.25) is 0 Å². The first kappa shape index (κ1) is 9.43. The summed E-state index contributed by atoms with van der Waals surface area (Å²) in [5.41, 5.74) is 6.58. The molecule has 14 heavy (non-hydrogen) atoms. The summed E-state index contributed by atoms with van der Waals surface area (Å²) in [5, 5.41) is 0. The van der Waals surface area contributed by atoms with E-state index < -0.39 is 0 Å². The Morgan fingerprint density at radius 1 is 1.36 bits per heavy atom. The summed E-state index contributed by atoms with van der Waals surface area (Å²) in [7, 11) is 0. The van der Waals surface area contributed by atoms with Gasteiger partial charge in [-0.1, -0.05) is 6.07 Å². The van der Waals surface area contributed by atoms with Crippen LogP contribution in [0.5, 0.6) is 0 Å². The standard InChI is InChI=1S/C10H15N3O/c11-7-9-1-2-10(12-8-9)13-3-5-14-6-4-13/h1-2,8H,3-7,11H2. The normalized spacial score (nSPS) is 17.1. The summed E-state index contributed by atoms with van der Waals surface area (Å²) in [4.78, 5) is 6.59. The zero-order valence-electron chi connectivity index (χ0n) is 8.15. The molecule has 4 nitrogen and oxygen atoms in total. The highest BCUT2D eigenvalue weighted by molar-refractivity contribution is 5.39. The fourth-order valence-corrected chi connectivity index (χ4v) is 1.52. The molecule has 76 valence electrons. The van der Waals surface area contributed by atoms with Gasteiger partial charge in [0.25, 0.3) is 0 Å². The highest BCUT2D eigenvalue weighted by Crippen LogP contribution is 2.12. The van der Waals surface area contributed by atoms with E-state index in [4.69, 9.17) is 10.5 Å². The van der Waals surface area contributed by atoms with Gasteiger partial charge in [-0.2, -0.15) is 0 Å². The number of rotatable bonds is 2. The van der Waals surface area contributed by atoms with Gasteiger partial charge in [0.2, 0.25) is 0 Å². The summed E-state index contributed by atoms with van der Waals surface area (Å²) in [5.74, 6) is 1.02. The zero-order chi connectivity index (χ0) is 9.80. The Kier molecular flexibility index (Phi) is 2.96. The Bertz CT molecular complexity index is 280. The van der Waals surface area contributed by atoms with E-state index in [0.29, 0.717) is 6.54 Å². The number of hydrogen-bond acceptors (Lipinski definition) is 4. The van der Waals surface area contributed by atoms with Crippen molar-refractivity contribution in [2.24, 2.45) is 5.73 Å². The molecule has 0 atom stereocenters. The van der Waals surface area contributed by atoms with Gasteiger partial charge >= 0.3 is 0 Å². The van der Waals surface area contributed by atoms with E-state index >= 15 is 0 Å². The Morgan fingerprint density at radius 2 is 2.14 bits per heavy atom. The van der Waals surface area contributed by atoms with E-state index in [9.17, 15) is 0 Å². The van der Waals surface area contributed by atoms with Crippen LogP contribution in [0.4, 0.5) is 5.82 Å². The van der Waals surface area contributed by atoms with Crippen molar-refractivity contribution in [2.45, 2.75) is 6.54 Å². The number of nitrogens with zero attached hydrogens (tertiary/aromatic N) is 2. The van der Waals surface area contributed by atoms with Gasteiger partial charge in [-0.15, -0.1) is 0 Å². The molecule has 0 unspecified atom stereocenters. The Morgan fingerprint density at radius 3 is 2.71 bits per heavy atom. The lowest BCUT2D eigenvalue weighted by molar-refractivity contribution is 0.122. The number of ether oxygens (including phenoxy) is 1. The second-order valence-corrected chi connectivity index (χ2v) is 3.33. The lowest BCUT2D eigenvalue weighted by Gasteiger charge is -2.27. The predicted octanol–water partition coefficient (Wildman–Crippen LogP) is 0.377. The molecule has 4 heteroatoms. The Labute approximate surface area is 83.7 Å². The van der Waals surface area contributed by atoms with Crippen molar-refractivity contribution in [1.82, 2.24) is 4.98 Å². The molecule has 2 rings (SSSR count). The van der Waals surface area contributed by atoms with Crippen LogP contribution in [0.25, 0.3) is 0 Å². The Hall–Kier alpha value is -1.13. The molecular formula is C10H15N3O. The lowest BCUT2D eigenvalue weighted by atomic mass is 10.3. The summed E-state index contributed by atoms with van der Waals surface area (Å²) in [6.07, 6.45) is 1.84. The quantitative estimate of drug-likeness (QED) is 0.737. The summed E-state index contributed by atoms with van der Waals surface area (Å²) in [6, 6.07) is 4.05. The molecule has 1 fully saturated rings. The van der Waals surface area contributed by atoms with Crippen molar-refractivity contribution in [3.63, 3.8) is 0 Å². The molecule has 1 aliphatic rings. The number of nitrogens with two attached hydrogens (primary N) is 1. The van der Waals surface area contributed by atoms with Crippen LogP contribution in [0.2, 0.25) is 0 Å². The maximum absolute atomic E-state index is 5.50. The molecule has 0 saturated carbocycles. The third kappa shape index (κ3) is 2.02. The van der Waals surface area contributed by atoms with Crippen LogP contribution in [-0.4, -0.2) is 31.3 Å². The minimum Gasteiger partial charge on any atom is -0.378 e. The smallest absolute Gasteiger partial charge is 0.128 e. The molecular weight excluding hydrogens is 178 g/mol. The van der Waals surface area contributed by atoms with Gasteiger partial charge < -0.3 is 15.4 Å². The molecule has 0 radical (unpaired) electrons. The molecule has 0 amide bonds. The van der Waals surface area contributed by atoms with Crippen LogP contribution < -0.4 is 10.6 Å². The fourth-order valence-electron chi connectivity index (χ4n) is 1.52. The molecule has 0 aliphatic carbocycles. The molecule has 1 saturated heterocycles. The number of morpholine rings is 1. The second-order valence-electron chi connectivity index (χ2n) is 3.33. The van der Waals surface area contributed by atoms with E-state index in [1.807, 2.05) is 18.3 Å². The SMILES string of the molecule is NCc1ccc(N2CCOCC2)nc1. The van der Waals surface area contributed by atoms with Gasteiger partial charge in [0.15, 0.2) is 0 Å². The topological polar surface area (TPSA) is 51.4 Å². The van der Waals surface area contributed by atoms with Gasteiger partial charge in [-0.05, 0) is 11.6 Å². The molecule has 0 spiro atoms. The third-order valence-electron chi connectivity index (χ3n) is 2.38. The minimum absolute atomic E-state index is 0.552. The zero-order valence-corrected chi connectivity index (χ0v) is 8.15.